The molecule has 0 spiro atoms. The maximum Gasteiger partial charge on any atom is 0.407 e. The van der Waals surface area contributed by atoms with Gasteiger partial charge in [0.25, 0.3) is 0 Å². The lowest BCUT2D eigenvalue weighted by Gasteiger charge is -2.19. The first kappa shape index (κ1) is 48.3. The van der Waals surface area contributed by atoms with Crippen molar-refractivity contribution in [2.24, 2.45) is 0 Å². The van der Waals surface area contributed by atoms with E-state index in [-0.39, 0.29) is 12.6 Å². The third kappa shape index (κ3) is 42.5. The molecule has 0 fully saturated rings. The molecule has 0 unspecified atom stereocenters. The zero-order valence-corrected chi connectivity index (χ0v) is 31.5. The molecule has 1 N–H and O–H groups in total. The third-order valence-corrected chi connectivity index (χ3v) is 6.24. The van der Waals surface area contributed by atoms with Crippen LogP contribution < -0.4 is 5.32 Å². The van der Waals surface area contributed by atoms with Crippen molar-refractivity contribution < 1.29 is 66.4 Å². The van der Waals surface area contributed by atoms with Crippen molar-refractivity contribution in [2.45, 2.75) is 71.8 Å². The SMILES string of the molecule is CCCCCCCC(=O)OCCOCCOCCOCCOCCOCCOCCOCCOCCOCCOCCNC(=O)OC(C)(C)C. The van der Waals surface area contributed by atoms with Crippen LogP contribution in [0.1, 0.15) is 66.2 Å². The first-order chi connectivity index (χ1) is 24.3. The summed E-state index contributed by atoms with van der Waals surface area (Å²) < 4.78 is 64.8. The summed E-state index contributed by atoms with van der Waals surface area (Å²) in [5.41, 5.74) is -0.514. The van der Waals surface area contributed by atoms with Gasteiger partial charge in [-0.2, -0.15) is 0 Å². The number of carbonyl (C=O) groups excluding carboxylic acids is 2. The van der Waals surface area contributed by atoms with E-state index >= 15 is 0 Å². The van der Waals surface area contributed by atoms with Crippen LogP contribution in [0.2, 0.25) is 0 Å². The van der Waals surface area contributed by atoms with Crippen LogP contribution in [0.15, 0.2) is 0 Å². The van der Waals surface area contributed by atoms with E-state index in [2.05, 4.69) is 12.2 Å². The van der Waals surface area contributed by atoms with Crippen LogP contribution in [-0.4, -0.2) is 163 Å². The van der Waals surface area contributed by atoms with Crippen LogP contribution in [0.25, 0.3) is 0 Å². The fourth-order valence-electron chi connectivity index (χ4n) is 3.78. The van der Waals surface area contributed by atoms with Gasteiger partial charge in [-0.05, 0) is 27.2 Å². The zero-order valence-electron chi connectivity index (χ0n) is 31.5. The molecule has 0 aromatic rings. The zero-order chi connectivity index (χ0) is 36.6. The summed E-state index contributed by atoms with van der Waals surface area (Å²) in [6.07, 6.45) is 5.60. The van der Waals surface area contributed by atoms with E-state index in [9.17, 15) is 9.59 Å². The van der Waals surface area contributed by atoms with E-state index in [1.807, 2.05) is 20.8 Å². The molecule has 0 aromatic carbocycles. The Morgan fingerprint density at radius 3 is 1.10 bits per heavy atom. The van der Waals surface area contributed by atoms with E-state index in [0.717, 1.165) is 12.8 Å². The number of esters is 1. The van der Waals surface area contributed by atoms with Gasteiger partial charge < -0.3 is 62.2 Å². The summed E-state index contributed by atoms with van der Waals surface area (Å²) in [6, 6.07) is 0. The van der Waals surface area contributed by atoms with Crippen molar-refractivity contribution in [3.05, 3.63) is 0 Å². The molecule has 0 saturated carbocycles. The molecular formula is C35H69NO14. The first-order valence-electron chi connectivity index (χ1n) is 18.2. The monoisotopic (exact) mass is 727 g/mol. The second-order valence-corrected chi connectivity index (χ2v) is 11.9. The summed E-state index contributed by atoms with van der Waals surface area (Å²) in [6.45, 7) is 17.6. The Balaban J connectivity index is 3.13. The van der Waals surface area contributed by atoms with Crippen molar-refractivity contribution in [2.75, 3.05) is 145 Å². The van der Waals surface area contributed by atoms with Crippen molar-refractivity contribution in [1.82, 2.24) is 5.32 Å². The number of carbonyl (C=O) groups is 2. The molecule has 0 rings (SSSR count). The number of hydrogen-bond acceptors (Lipinski definition) is 14. The Morgan fingerprint density at radius 1 is 0.440 bits per heavy atom. The van der Waals surface area contributed by atoms with Gasteiger partial charge in [0.1, 0.15) is 12.2 Å². The van der Waals surface area contributed by atoms with Crippen molar-refractivity contribution in [3.8, 4) is 0 Å². The minimum absolute atomic E-state index is 0.151. The summed E-state index contributed by atoms with van der Waals surface area (Å²) in [4.78, 5) is 23.1. The van der Waals surface area contributed by atoms with Gasteiger partial charge in [0.15, 0.2) is 0 Å². The molecule has 15 nitrogen and oxygen atoms in total. The minimum atomic E-state index is -0.514. The van der Waals surface area contributed by atoms with Crippen LogP contribution in [0.3, 0.4) is 0 Å². The summed E-state index contributed by atoms with van der Waals surface area (Å²) in [5.74, 6) is -0.151. The number of hydrogen-bond donors (Lipinski definition) is 1. The lowest BCUT2D eigenvalue weighted by Crippen LogP contribution is -2.34. The van der Waals surface area contributed by atoms with E-state index in [4.69, 9.17) is 56.8 Å². The second-order valence-electron chi connectivity index (χ2n) is 11.9. The molecule has 50 heavy (non-hydrogen) atoms. The fourth-order valence-corrected chi connectivity index (χ4v) is 3.78. The van der Waals surface area contributed by atoms with Gasteiger partial charge in [-0.15, -0.1) is 0 Å². The van der Waals surface area contributed by atoms with Gasteiger partial charge in [-0.3, -0.25) is 4.79 Å². The lowest BCUT2D eigenvalue weighted by atomic mass is 10.1. The van der Waals surface area contributed by atoms with Gasteiger partial charge >= 0.3 is 12.1 Å². The van der Waals surface area contributed by atoms with E-state index in [1.54, 1.807) is 0 Å². The number of nitrogens with one attached hydrogen (secondary N) is 1. The molecule has 298 valence electrons. The van der Waals surface area contributed by atoms with Crippen LogP contribution in [0.5, 0.6) is 0 Å². The van der Waals surface area contributed by atoms with E-state index < -0.39 is 11.7 Å². The van der Waals surface area contributed by atoms with Crippen molar-refractivity contribution >= 4 is 12.1 Å². The second kappa shape index (κ2) is 38.6. The van der Waals surface area contributed by atoms with Crippen LogP contribution >= 0.6 is 0 Å². The average molecular weight is 728 g/mol. The summed E-state index contributed by atoms with van der Waals surface area (Å²) in [5, 5.41) is 2.63. The highest BCUT2D eigenvalue weighted by atomic mass is 16.6. The largest absolute Gasteiger partial charge is 0.463 e. The summed E-state index contributed by atoms with van der Waals surface area (Å²) in [7, 11) is 0. The highest BCUT2D eigenvalue weighted by Crippen LogP contribution is 2.06. The number of alkyl carbamates (subject to hydrolysis) is 1. The Bertz CT molecular complexity index is 726. The van der Waals surface area contributed by atoms with Gasteiger partial charge in [-0.1, -0.05) is 32.6 Å². The molecule has 0 heterocycles. The van der Waals surface area contributed by atoms with Gasteiger partial charge in [0.05, 0.1) is 132 Å². The van der Waals surface area contributed by atoms with Gasteiger partial charge in [0, 0.05) is 13.0 Å². The van der Waals surface area contributed by atoms with Crippen LogP contribution in [0.4, 0.5) is 4.79 Å². The maximum atomic E-state index is 11.6. The molecule has 0 saturated heterocycles. The van der Waals surface area contributed by atoms with Crippen LogP contribution in [-0.2, 0) is 61.6 Å². The molecule has 0 aliphatic heterocycles. The number of ether oxygens (including phenoxy) is 12. The Kier molecular flexibility index (Phi) is 37.3. The predicted octanol–water partition coefficient (Wildman–Crippen LogP) is 3.58. The quantitative estimate of drug-likeness (QED) is 0.0724. The standard InChI is InChI=1S/C35H69NO14/c1-5-6-7-8-9-10-33(37)49-32-31-48-30-29-47-28-27-46-26-25-45-24-23-44-22-21-43-20-19-42-18-17-41-16-15-40-14-13-39-12-11-36-34(38)50-35(2,3)4/h5-32H2,1-4H3,(H,36,38). The molecule has 0 aromatic heterocycles. The smallest absolute Gasteiger partial charge is 0.407 e. The van der Waals surface area contributed by atoms with Gasteiger partial charge in [0.2, 0.25) is 0 Å². The predicted molar refractivity (Wildman–Crippen MR) is 187 cm³/mol. The molecule has 0 aliphatic rings. The highest BCUT2D eigenvalue weighted by Gasteiger charge is 2.15. The number of rotatable bonds is 39. The molecule has 1 amide bonds. The Labute approximate surface area is 300 Å². The Hall–Kier alpha value is -1.66. The van der Waals surface area contributed by atoms with E-state index in [1.165, 1.54) is 19.3 Å². The molecular weight excluding hydrogens is 658 g/mol. The molecule has 15 heteroatoms. The third-order valence-electron chi connectivity index (χ3n) is 6.24. The Morgan fingerprint density at radius 2 is 0.760 bits per heavy atom. The topological polar surface area (TPSA) is 157 Å². The molecule has 0 radical (unpaired) electrons. The molecule has 0 bridgehead atoms. The van der Waals surface area contributed by atoms with Crippen molar-refractivity contribution in [3.63, 3.8) is 0 Å². The number of amides is 1. The van der Waals surface area contributed by atoms with E-state index in [0.29, 0.717) is 145 Å². The highest BCUT2D eigenvalue weighted by molar-refractivity contribution is 5.69. The maximum absolute atomic E-state index is 11.6. The van der Waals surface area contributed by atoms with Crippen LogP contribution in [0, 0.1) is 0 Å². The lowest BCUT2D eigenvalue weighted by molar-refractivity contribution is -0.145. The van der Waals surface area contributed by atoms with Crippen molar-refractivity contribution in [1.29, 1.82) is 0 Å². The van der Waals surface area contributed by atoms with Gasteiger partial charge in [-0.25, -0.2) is 4.79 Å². The minimum Gasteiger partial charge on any atom is -0.463 e. The molecule has 0 aliphatic carbocycles. The average Bonchev–Trinajstić information content (AvgIpc) is 3.07. The normalized spacial score (nSPS) is 11.6. The number of unbranched alkanes of at least 4 members (excludes halogenated alkanes) is 4. The first-order valence-corrected chi connectivity index (χ1v) is 18.2. The molecule has 0 atom stereocenters. The fraction of sp³-hybridized carbons (Fsp3) is 0.943. The summed E-state index contributed by atoms with van der Waals surface area (Å²) >= 11 is 0.